The molecule has 32 heavy (non-hydrogen) atoms. The molecule has 0 bridgehead atoms. The minimum Gasteiger partial charge on any atom is -0.340 e. The number of sulfonamides is 1. The number of amides is 2. The van der Waals surface area contributed by atoms with Gasteiger partial charge >= 0.3 is 0 Å². The van der Waals surface area contributed by atoms with Crippen molar-refractivity contribution in [3.8, 4) is 0 Å². The second-order valence-electron chi connectivity index (χ2n) is 8.24. The smallest absolute Gasteiger partial charge is 0.246 e. The van der Waals surface area contributed by atoms with E-state index in [1.54, 1.807) is 59.6 Å². The van der Waals surface area contributed by atoms with Gasteiger partial charge in [0.25, 0.3) is 0 Å². The first-order valence-corrected chi connectivity index (χ1v) is 12.3. The van der Waals surface area contributed by atoms with Gasteiger partial charge in [0.15, 0.2) is 0 Å². The fraction of sp³-hybridized carbons (Fsp3) is 0.476. The van der Waals surface area contributed by atoms with Crippen LogP contribution in [0.15, 0.2) is 29.2 Å². The van der Waals surface area contributed by atoms with E-state index in [0.29, 0.717) is 28.6 Å². The van der Waals surface area contributed by atoms with E-state index in [9.17, 15) is 18.0 Å². The van der Waals surface area contributed by atoms with E-state index in [1.807, 2.05) is 0 Å². The number of anilines is 1. The molecule has 3 heterocycles. The number of hydrogen-bond donors (Lipinski definition) is 0. The molecule has 11 heteroatoms. The zero-order valence-corrected chi connectivity index (χ0v) is 19.9. The van der Waals surface area contributed by atoms with Crippen molar-refractivity contribution in [2.75, 3.05) is 37.6 Å². The van der Waals surface area contributed by atoms with E-state index < -0.39 is 15.9 Å². The fourth-order valence-corrected chi connectivity index (χ4v) is 6.44. The Hall–Kier alpha value is -2.43. The number of nitrogens with zero attached hydrogens (tertiary/aromatic N) is 5. The van der Waals surface area contributed by atoms with Crippen LogP contribution in [0, 0.1) is 19.8 Å². The summed E-state index contributed by atoms with van der Waals surface area (Å²) < 4.78 is 29.3. The number of carbonyl (C=O) groups excluding carboxylic acids is 2. The van der Waals surface area contributed by atoms with Crippen LogP contribution >= 0.6 is 11.6 Å². The third-order valence-electron chi connectivity index (χ3n) is 6.18. The van der Waals surface area contributed by atoms with Crippen molar-refractivity contribution < 1.29 is 18.0 Å². The lowest BCUT2D eigenvalue weighted by Gasteiger charge is -2.35. The highest BCUT2D eigenvalue weighted by atomic mass is 35.5. The minimum absolute atomic E-state index is 0.116. The van der Waals surface area contributed by atoms with Crippen molar-refractivity contribution in [3.63, 3.8) is 0 Å². The molecule has 2 saturated heterocycles. The second kappa shape index (κ2) is 8.49. The highest BCUT2D eigenvalue weighted by Crippen LogP contribution is 2.29. The third-order valence-corrected chi connectivity index (χ3v) is 8.57. The van der Waals surface area contributed by atoms with Gasteiger partial charge in [-0.1, -0.05) is 17.7 Å². The van der Waals surface area contributed by atoms with Crippen LogP contribution in [0.1, 0.15) is 17.8 Å². The Balaban J connectivity index is 1.41. The highest BCUT2D eigenvalue weighted by Gasteiger charge is 2.39. The summed E-state index contributed by atoms with van der Waals surface area (Å²) >= 11 is 6.04. The van der Waals surface area contributed by atoms with Crippen molar-refractivity contribution >= 4 is 39.1 Å². The van der Waals surface area contributed by atoms with Crippen molar-refractivity contribution in [1.82, 2.24) is 19.0 Å². The largest absolute Gasteiger partial charge is 0.340 e. The Morgan fingerprint density at radius 3 is 2.44 bits per heavy atom. The van der Waals surface area contributed by atoms with Crippen LogP contribution in [0.5, 0.6) is 0 Å². The quantitative estimate of drug-likeness (QED) is 0.663. The molecule has 0 unspecified atom stereocenters. The number of aromatic nitrogens is 2. The van der Waals surface area contributed by atoms with Crippen LogP contribution < -0.4 is 4.90 Å². The molecular formula is C21H26ClN5O4S. The number of rotatable bonds is 4. The Kier molecular flexibility index (Phi) is 6.04. The highest BCUT2D eigenvalue weighted by molar-refractivity contribution is 7.89. The third kappa shape index (κ3) is 4.02. The summed E-state index contributed by atoms with van der Waals surface area (Å²) in [7, 11) is -1.98. The Morgan fingerprint density at radius 2 is 1.84 bits per heavy atom. The summed E-state index contributed by atoms with van der Waals surface area (Å²) in [6.07, 6.45) is 0.137. The Bertz CT molecular complexity index is 1170. The van der Waals surface area contributed by atoms with Crippen LogP contribution in [0.25, 0.3) is 0 Å². The molecule has 0 N–H and O–H groups in total. The zero-order chi connectivity index (χ0) is 23.2. The number of piperazine rings is 1. The van der Waals surface area contributed by atoms with Crippen molar-refractivity contribution in [2.24, 2.45) is 13.0 Å². The molecule has 9 nitrogen and oxygen atoms in total. The summed E-state index contributed by atoms with van der Waals surface area (Å²) in [5.41, 5.74) is 1.73. The van der Waals surface area contributed by atoms with Gasteiger partial charge < -0.3 is 9.80 Å². The molecular weight excluding hydrogens is 454 g/mol. The minimum atomic E-state index is -3.69. The summed E-state index contributed by atoms with van der Waals surface area (Å²) in [4.78, 5) is 29.1. The Labute approximate surface area is 192 Å². The number of aryl methyl sites for hydroxylation is 2. The normalized spacial score (nSPS) is 20.2. The van der Waals surface area contributed by atoms with Crippen LogP contribution in [0.2, 0.25) is 5.02 Å². The van der Waals surface area contributed by atoms with Gasteiger partial charge in [-0.3, -0.25) is 14.3 Å². The number of hydrogen-bond acceptors (Lipinski definition) is 5. The van der Waals surface area contributed by atoms with Crippen molar-refractivity contribution in [1.29, 1.82) is 0 Å². The molecule has 2 aliphatic rings. The standard InChI is InChI=1S/C21H26ClN5O4S/c1-14-20(15(2)24(3)23-14)32(30,31)26-9-7-25(8-10-26)21(29)16-11-19(28)27(13-16)18-6-4-5-17(22)12-18/h4-6,12,16H,7-11,13H2,1-3H3/t16-/m0/s1. The maximum atomic E-state index is 13.2. The molecule has 0 radical (unpaired) electrons. The van der Waals surface area contributed by atoms with E-state index in [2.05, 4.69) is 5.10 Å². The lowest BCUT2D eigenvalue weighted by molar-refractivity contribution is -0.136. The molecule has 2 fully saturated rings. The average Bonchev–Trinajstić information content (AvgIpc) is 3.26. The SMILES string of the molecule is Cc1nn(C)c(C)c1S(=O)(=O)N1CCN(C(=O)[C@H]2CC(=O)N(c3cccc(Cl)c3)C2)CC1. The lowest BCUT2D eigenvalue weighted by atomic mass is 10.1. The maximum absolute atomic E-state index is 13.2. The summed E-state index contributed by atoms with van der Waals surface area (Å²) in [6.45, 7) is 4.71. The van der Waals surface area contributed by atoms with Crippen LogP contribution in [0.4, 0.5) is 5.69 Å². The van der Waals surface area contributed by atoms with E-state index in [-0.39, 0.29) is 49.3 Å². The predicted molar refractivity (Wildman–Crippen MR) is 120 cm³/mol. The average molecular weight is 480 g/mol. The topological polar surface area (TPSA) is 95.8 Å². The van der Waals surface area contributed by atoms with Crippen LogP contribution in [-0.2, 0) is 26.7 Å². The molecule has 2 amide bonds. The number of halogens is 1. The van der Waals surface area contributed by atoms with E-state index >= 15 is 0 Å². The predicted octanol–water partition coefficient (Wildman–Crippen LogP) is 1.58. The van der Waals surface area contributed by atoms with Gasteiger partial charge in [0, 0.05) is 56.9 Å². The van der Waals surface area contributed by atoms with Gasteiger partial charge in [0.05, 0.1) is 17.3 Å². The van der Waals surface area contributed by atoms with E-state index in [0.717, 1.165) is 0 Å². The number of benzene rings is 1. The first-order valence-electron chi connectivity index (χ1n) is 10.4. The fourth-order valence-electron chi connectivity index (χ4n) is 4.43. The molecule has 0 spiro atoms. The zero-order valence-electron chi connectivity index (χ0n) is 18.3. The molecule has 2 aliphatic heterocycles. The molecule has 4 rings (SSSR count). The summed E-state index contributed by atoms with van der Waals surface area (Å²) in [6, 6.07) is 7.00. The van der Waals surface area contributed by atoms with Crippen molar-refractivity contribution in [2.45, 2.75) is 25.2 Å². The van der Waals surface area contributed by atoms with Crippen molar-refractivity contribution in [3.05, 3.63) is 40.7 Å². The Morgan fingerprint density at radius 1 is 1.16 bits per heavy atom. The molecule has 0 aliphatic carbocycles. The molecule has 1 aromatic heterocycles. The molecule has 172 valence electrons. The van der Waals surface area contributed by atoms with E-state index in [1.165, 1.54) is 4.31 Å². The first-order chi connectivity index (χ1) is 15.1. The summed E-state index contributed by atoms with van der Waals surface area (Å²) in [5, 5.41) is 4.74. The molecule has 1 atom stereocenters. The monoisotopic (exact) mass is 479 g/mol. The van der Waals surface area contributed by atoms with Gasteiger partial charge in [-0.2, -0.15) is 9.40 Å². The molecule has 2 aromatic rings. The van der Waals surface area contributed by atoms with Gasteiger partial charge in [0.1, 0.15) is 4.90 Å². The second-order valence-corrected chi connectivity index (χ2v) is 10.5. The lowest BCUT2D eigenvalue weighted by Crippen LogP contribution is -2.52. The molecule has 0 saturated carbocycles. The first kappa shape index (κ1) is 22.8. The number of carbonyl (C=O) groups is 2. The van der Waals surface area contributed by atoms with E-state index in [4.69, 9.17) is 11.6 Å². The maximum Gasteiger partial charge on any atom is 0.246 e. The summed E-state index contributed by atoms with van der Waals surface area (Å²) in [5.74, 6) is -0.685. The van der Waals surface area contributed by atoms with Gasteiger partial charge in [-0.05, 0) is 32.0 Å². The molecule has 1 aromatic carbocycles. The van der Waals surface area contributed by atoms with Crippen LogP contribution in [-0.4, -0.2) is 71.9 Å². The van der Waals surface area contributed by atoms with Crippen LogP contribution in [0.3, 0.4) is 0 Å². The van der Waals surface area contributed by atoms with Gasteiger partial charge in [0.2, 0.25) is 21.8 Å². The van der Waals surface area contributed by atoms with Gasteiger partial charge in [-0.25, -0.2) is 8.42 Å². The van der Waals surface area contributed by atoms with Gasteiger partial charge in [-0.15, -0.1) is 0 Å².